The van der Waals surface area contributed by atoms with Gasteiger partial charge in [-0.05, 0) is 30.7 Å². The Balaban J connectivity index is 2.09. The van der Waals surface area contributed by atoms with Crippen molar-refractivity contribution < 1.29 is 15.1 Å². The van der Waals surface area contributed by atoms with Gasteiger partial charge >= 0.3 is 5.97 Å². The van der Waals surface area contributed by atoms with Crippen molar-refractivity contribution in [1.82, 2.24) is 0 Å². The Bertz CT molecular complexity index is 374. The van der Waals surface area contributed by atoms with E-state index < -0.39 is 5.97 Å². The van der Waals surface area contributed by atoms with Crippen LogP contribution in [0, 0.1) is 0 Å². The second kappa shape index (κ2) is 8.69. The van der Waals surface area contributed by atoms with Gasteiger partial charge in [0.2, 0.25) is 0 Å². The molecule has 4 nitrogen and oxygen atoms in total. The van der Waals surface area contributed by atoms with Crippen LogP contribution in [0.1, 0.15) is 49.8 Å². The number of carboxylic acids is 1. The first-order valence-electron chi connectivity index (χ1n) is 6.20. The highest BCUT2D eigenvalue weighted by molar-refractivity contribution is 7.12. The summed E-state index contributed by atoms with van der Waals surface area (Å²) in [6.45, 7) is 0. The van der Waals surface area contributed by atoms with Crippen molar-refractivity contribution in [2.75, 3.05) is 0 Å². The molecule has 2 N–H and O–H groups in total. The third kappa shape index (κ3) is 5.82. The largest absolute Gasteiger partial charge is 0.481 e. The zero-order valence-corrected chi connectivity index (χ0v) is 11.2. The highest BCUT2D eigenvalue weighted by atomic mass is 32.1. The van der Waals surface area contributed by atoms with E-state index in [2.05, 4.69) is 5.16 Å². The summed E-state index contributed by atoms with van der Waals surface area (Å²) in [5.41, 5.74) is 0.746. The number of aliphatic carboxylic acids is 1. The molecule has 0 aliphatic rings. The van der Waals surface area contributed by atoms with Gasteiger partial charge in [-0.1, -0.05) is 30.5 Å². The second-order valence-electron chi connectivity index (χ2n) is 4.19. The van der Waals surface area contributed by atoms with E-state index in [1.54, 1.807) is 11.3 Å². The molecule has 1 heterocycles. The lowest BCUT2D eigenvalue weighted by Gasteiger charge is -2.02. The molecule has 0 saturated carbocycles. The number of unbranched alkanes of at least 4 members (excludes halogenated alkanes) is 4. The van der Waals surface area contributed by atoms with E-state index in [-0.39, 0.29) is 6.42 Å². The summed E-state index contributed by atoms with van der Waals surface area (Å²) in [4.78, 5) is 11.3. The fraction of sp³-hybridized carbons (Fsp3) is 0.538. The molecule has 0 fully saturated rings. The van der Waals surface area contributed by atoms with Crippen LogP contribution in [0.25, 0.3) is 0 Å². The Hall–Kier alpha value is -1.36. The molecule has 18 heavy (non-hydrogen) atoms. The number of carboxylic acid groups (broad SMARTS) is 1. The maximum absolute atomic E-state index is 10.3. The minimum atomic E-state index is -0.720. The van der Waals surface area contributed by atoms with Crippen LogP contribution in [0.2, 0.25) is 0 Å². The van der Waals surface area contributed by atoms with Crippen molar-refractivity contribution >= 4 is 23.0 Å². The summed E-state index contributed by atoms with van der Waals surface area (Å²) in [6, 6.07) is 3.89. The van der Waals surface area contributed by atoms with E-state index in [1.165, 1.54) is 0 Å². The van der Waals surface area contributed by atoms with Crippen LogP contribution in [-0.2, 0) is 4.79 Å². The fourth-order valence-corrected chi connectivity index (χ4v) is 2.50. The van der Waals surface area contributed by atoms with Crippen molar-refractivity contribution in [3.63, 3.8) is 0 Å². The van der Waals surface area contributed by atoms with E-state index >= 15 is 0 Å². The first-order chi connectivity index (χ1) is 8.74. The van der Waals surface area contributed by atoms with E-state index in [0.29, 0.717) is 0 Å². The molecule has 100 valence electrons. The Morgan fingerprint density at radius 1 is 1.17 bits per heavy atom. The highest BCUT2D eigenvalue weighted by Gasteiger charge is 2.05. The molecule has 0 amide bonds. The average Bonchev–Trinajstić information content (AvgIpc) is 2.86. The van der Waals surface area contributed by atoms with Crippen LogP contribution in [0.5, 0.6) is 0 Å². The summed E-state index contributed by atoms with van der Waals surface area (Å²) >= 11 is 1.57. The quantitative estimate of drug-likeness (QED) is 0.310. The van der Waals surface area contributed by atoms with Gasteiger partial charge in [0.1, 0.15) is 0 Å². The van der Waals surface area contributed by atoms with Gasteiger partial charge in [-0.2, -0.15) is 0 Å². The maximum atomic E-state index is 10.3. The number of hydrogen-bond donors (Lipinski definition) is 2. The predicted octanol–water partition coefficient (Wildman–Crippen LogP) is 3.74. The van der Waals surface area contributed by atoms with Crippen LogP contribution in [0.15, 0.2) is 22.7 Å². The van der Waals surface area contributed by atoms with Crippen molar-refractivity contribution in [3.05, 3.63) is 22.4 Å². The van der Waals surface area contributed by atoms with Gasteiger partial charge in [0.25, 0.3) is 0 Å². The van der Waals surface area contributed by atoms with Crippen LogP contribution in [0.3, 0.4) is 0 Å². The lowest BCUT2D eigenvalue weighted by Crippen LogP contribution is -1.98. The van der Waals surface area contributed by atoms with Gasteiger partial charge < -0.3 is 10.3 Å². The molecule has 0 aliphatic carbocycles. The van der Waals surface area contributed by atoms with Crippen molar-refractivity contribution in [1.29, 1.82) is 0 Å². The molecule has 1 aromatic rings. The normalized spacial score (nSPS) is 11.7. The third-order valence-electron chi connectivity index (χ3n) is 2.73. The highest BCUT2D eigenvalue weighted by Crippen LogP contribution is 2.15. The predicted molar refractivity (Wildman–Crippen MR) is 72.6 cm³/mol. The summed E-state index contributed by atoms with van der Waals surface area (Å²) in [5.74, 6) is -0.720. The topological polar surface area (TPSA) is 69.9 Å². The maximum Gasteiger partial charge on any atom is 0.303 e. The molecular formula is C13H19NO3S. The van der Waals surface area contributed by atoms with E-state index in [9.17, 15) is 4.79 Å². The van der Waals surface area contributed by atoms with Gasteiger partial charge in [0, 0.05) is 6.42 Å². The molecule has 0 saturated heterocycles. The monoisotopic (exact) mass is 269 g/mol. The first-order valence-corrected chi connectivity index (χ1v) is 7.08. The van der Waals surface area contributed by atoms with Crippen LogP contribution >= 0.6 is 11.3 Å². The SMILES string of the molecule is O=C(O)CCCCCCCC(=NO)c1cccs1. The third-order valence-corrected chi connectivity index (χ3v) is 3.65. The van der Waals surface area contributed by atoms with E-state index in [1.807, 2.05) is 17.5 Å². The minimum Gasteiger partial charge on any atom is -0.481 e. The molecule has 0 spiro atoms. The molecule has 1 aromatic heterocycles. The lowest BCUT2D eigenvalue weighted by molar-refractivity contribution is -0.137. The van der Waals surface area contributed by atoms with E-state index in [4.69, 9.17) is 10.3 Å². The molecule has 0 radical (unpaired) electrons. The molecule has 0 bridgehead atoms. The smallest absolute Gasteiger partial charge is 0.303 e. The van der Waals surface area contributed by atoms with Gasteiger partial charge in [0.05, 0.1) is 10.6 Å². The Labute approximate surface area is 111 Å². The van der Waals surface area contributed by atoms with Gasteiger partial charge in [-0.25, -0.2) is 0 Å². The zero-order valence-electron chi connectivity index (χ0n) is 10.3. The number of rotatable bonds is 9. The molecule has 0 unspecified atom stereocenters. The standard InChI is InChI=1S/C13H19NO3S/c15-13(16)9-5-3-1-2-4-7-11(14-17)12-8-6-10-18-12/h6,8,10,17H,1-5,7,9H2,(H,15,16). The Morgan fingerprint density at radius 3 is 2.39 bits per heavy atom. The molecule has 1 rings (SSSR count). The van der Waals surface area contributed by atoms with Crippen molar-refractivity contribution in [2.45, 2.75) is 44.9 Å². The summed E-state index contributed by atoms with van der Waals surface area (Å²) in [7, 11) is 0. The molecule has 0 atom stereocenters. The molecular weight excluding hydrogens is 250 g/mol. The van der Waals surface area contributed by atoms with Crippen LogP contribution in [-0.4, -0.2) is 22.0 Å². The fourth-order valence-electron chi connectivity index (χ4n) is 1.76. The van der Waals surface area contributed by atoms with Gasteiger partial charge in [-0.15, -0.1) is 11.3 Å². The van der Waals surface area contributed by atoms with Gasteiger partial charge in [-0.3, -0.25) is 4.79 Å². The number of nitrogens with zero attached hydrogens (tertiary/aromatic N) is 1. The zero-order chi connectivity index (χ0) is 13.2. The Morgan fingerprint density at radius 2 is 1.83 bits per heavy atom. The second-order valence-corrected chi connectivity index (χ2v) is 5.13. The number of thiophene rings is 1. The first kappa shape index (κ1) is 14.7. The molecule has 5 heteroatoms. The number of hydrogen-bond acceptors (Lipinski definition) is 4. The molecule has 0 aliphatic heterocycles. The number of carbonyl (C=O) groups is 1. The molecule has 0 aromatic carbocycles. The lowest BCUT2D eigenvalue weighted by atomic mass is 10.1. The number of oxime groups is 1. The van der Waals surface area contributed by atoms with Crippen LogP contribution in [0.4, 0.5) is 0 Å². The van der Waals surface area contributed by atoms with Gasteiger partial charge in [0.15, 0.2) is 0 Å². The van der Waals surface area contributed by atoms with Crippen molar-refractivity contribution in [3.8, 4) is 0 Å². The van der Waals surface area contributed by atoms with Crippen LogP contribution < -0.4 is 0 Å². The average molecular weight is 269 g/mol. The van der Waals surface area contributed by atoms with Crippen molar-refractivity contribution in [2.24, 2.45) is 5.16 Å². The summed E-state index contributed by atoms with van der Waals surface area (Å²) in [5, 5.41) is 22.7. The Kier molecular flexibility index (Phi) is 7.10. The van der Waals surface area contributed by atoms with E-state index in [0.717, 1.165) is 49.1 Å². The minimum absolute atomic E-state index is 0.262. The summed E-state index contributed by atoms with van der Waals surface area (Å²) < 4.78 is 0. The summed E-state index contributed by atoms with van der Waals surface area (Å²) in [6.07, 6.45) is 5.80.